The van der Waals surface area contributed by atoms with Crippen LogP contribution in [0.4, 0.5) is 4.39 Å². The van der Waals surface area contributed by atoms with Crippen molar-refractivity contribution in [3.8, 4) is 23.4 Å². The molecule has 1 fully saturated rings. The third-order valence-corrected chi connectivity index (χ3v) is 5.34. The monoisotopic (exact) mass is 360 g/mol. The van der Waals surface area contributed by atoms with Crippen molar-refractivity contribution in [3.63, 3.8) is 0 Å². The van der Waals surface area contributed by atoms with E-state index in [0.29, 0.717) is 37.2 Å². The van der Waals surface area contributed by atoms with Crippen molar-refractivity contribution in [1.29, 1.82) is 10.5 Å². The summed E-state index contributed by atoms with van der Waals surface area (Å²) in [6.07, 6.45) is 3.66. The Balaban J connectivity index is 1.59. The van der Waals surface area contributed by atoms with Crippen molar-refractivity contribution in [2.24, 2.45) is 0 Å². The molecular formula is C21H17FN4O. The highest BCUT2D eigenvalue weighted by Gasteiger charge is 2.35. The predicted octanol–water partition coefficient (Wildman–Crippen LogP) is 3.15. The van der Waals surface area contributed by atoms with Gasteiger partial charge in [0.25, 0.3) is 0 Å². The lowest BCUT2D eigenvalue weighted by Crippen LogP contribution is -2.41. The number of likely N-dealkylation sites (tertiary alicyclic amines) is 1. The summed E-state index contributed by atoms with van der Waals surface area (Å²) >= 11 is 0. The molecule has 1 amide bonds. The number of fused-ring (bicyclic) bond motifs is 1. The van der Waals surface area contributed by atoms with E-state index in [1.165, 1.54) is 6.07 Å². The number of hydrogen-bond acceptors (Lipinski definition) is 4. The summed E-state index contributed by atoms with van der Waals surface area (Å²) in [5.41, 5.74) is 3.10. The Morgan fingerprint density at radius 1 is 1.15 bits per heavy atom. The van der Waals surface area contributed by atoms with Gasteiger partial charge in [-0.15, -0.1) is 0 Å². The zero-order valence-electron chi connectivity index (χ0n) is 14.7. The number of nitriles is 2. The standard InChI is InChI=1S/C21H17FN4O/c22-20-15(10-23)3-1-4-18(20)14-6-7-16-11-26(12-17(16)9-14)21(27)19-5-2-8-25(19)13-24/h1,3-4,6-7,9,19H,2,5,8,11-12H2/t19-/m0/s1. The third-order valence-electron chi connectivity index (χ3n) is 5.34. The van der Waals surface area contributed by atoms with E-state index in [1.54, 1.807) is 21.9 Å². The first kappa shape index (κ1) is 17.1. The van der Waals surface area contributed by atoms with Crippen LogP contribution in [0.3, 0.4) is 0 Å². The molecule has 4 rings (SSSR count). The van der Waals surface area contributed by atoms with E-state index in [-0.39, 0.29) is 17.5 Å². The smallest absolute Gasteiger partial charge is 0.246 e. The highest BCUT2D eigenvalue weighted by Crippen LogP contribution is 2.32. The Kier molecular flexibility index (Phi) is 4.25. The molecule has 0 unspecified atom stereocenters. The maximum absolute atomic E-state index is 14.5. The van der Waals surface area contributed by atoms with Gasteiger partial charge in [0.2, 0.25) is 5.91 Å². The molecule has 0 spiro atoms. The van der Waals surface area contributed by atoms with Gasteiger partial charge >= 0.3 is 0 Å². The molecule has 134 valence electrons. The zero-order valence-corrected chi connectivity index (χ0v) is 14.7. The molecule has 0 saturated carbocycles. The summed E-state index contributed by atoms with van der Waals surface area (Å²) in [7, 11) is 0. The number of amides is 1. The fourth-order valence-corrected chi connectivity index (χ4v) is 3.91. The molecule has 0 aliphatic carbocycles. The molecule has 27 heavy (non-hydrogen) atoms. The highest BCUT2D eigenvalue weighted by atomic mass is 19.1. The molecule has 0 radical (unpaired) electrons. The fraction of sp³-hybridized carbons (Fsp3) is 0.286. The maximum atomic E-state index is 14.5. The molecule has 0 aromatic heterocycles. The highest BCUT2D eigenvalue weighted by molar-refractivity contribution is 5.83. The average molecular weight is 360 g/mol. The minimum Gasteiger partial charge on any atom is -0.332 e. The van der Waals surface area contributed by atoms with Crippen LogP contribution in [0.5, 0.6) is 0 Å². The molecule has 2 aliphatic rings. The molecule has 2 aromatic rings. The second-order valence-corrected chi connectivity index (χ2v) is 6.91. The van der Waals surface area contributed by atoms with Gasteiger partial charge in [0.1, 0.15) is 17.9 Å². The Hall–Kier alpha value is -3.38. The van der Waals surface area contributed by atoms with Crippen LogP contribution in [-0.4, -0.2) is 28.3 Å². The molecule has 2 aliphatic heterocycles. The first-order valence-corrected chi connectivity index (χ1v) is 8.88. The van der Waals surface area contributed by atoms with Crippen molar-refractivity contribution < 1.29 is 9.18 Å². The van der Waals surface area contributed by atoms with E-state index in [1.807, 2.05) is 24.3 Å². The number of benzene rings is 2. The van der Waals surface area contributed by atoms with Gasteiger partial charge in [-0.05, 0) is 41.7 Å². The summed E-state index contributed by atoms with van der Waals surface area (Å²) in [4.78, 5) is 16.1. The van der Waals surface area contributed by atoms with Gasteiger partial charge < -0.3 is 4.90 Å². The molecule has 0 N–H and O–H groups in total. The Morgan fingerprint density at radius 3 is 2.74 bits per heavy atom. The molecule has 0 bridgehead atoms. The number of carbonyl (C=O) groups excluding carboxylic acids is 1. The molecule has 5 nitrogen and oxygen atoms in total. The van der Waals surface area contributed by atoms with Crippen LogP contribution in [0.25, 0.3) is 11.1 Å². The molecular weight excluding hydrogens is 343 g/mol. The topological polar surface area (TPSA) is 71.1 Å². The van der Waals surface area contributed by atoms with Crippen molar-refractivity contribution in [2.45, 2.75) is 32.0 Å². The van der Waals surface area contributed by atoms with Crippen LogP contribution in [0.15, 0.2) is 36.4 Å². The minimum atomic E-state index is -0.526. The summed E-state index contributed by atoms with van der Waals surface area (Å²) in [5, 5.41) is 18.2. The normalized spacial score (nSPS) is 18.1. The second-order valence-electron chi connectivity index (χ2n) is 6.91. The van der Waals surface area contributed by atoms with E-state index in [2.05, 4.69) is 6.19 Å². The van der Waals surface area contributed by atoms with Gasteiger partial charge in [-0.3, -0.25) is 9.69 Å². The van der Waals surface area contributed by atoms with Gasteiger partial charge in [0.15, 0.2) is 6.19 Å². The quantitative estimate of drug-likeness (QED) is 0.772. The predicted molar refractivity (Wildman–Crippen MR) is 96.1 cm³/mol. The number of carbonyl (C=O) groups is 1. The Morgan fingerprint density at radius 2 is 1.96 bits per heavy atom. The number of nitrogens with zero attached hydrogens (tertiary/aromatic N) is 4. The number of hydrogen-bond donors (Lipinski definition) is 0. The van der Waals surface area contributed by atoms with Gasteiger partial charge in [-0.2, -0.15) is 10.5 Å². The summed E-state index contributed by atoms with van der Waals surface area (Å²) in [6, 6.07) is 11.9. The van der Waals surface area contributed by atoms with Crippen LogP contribution in [-0.2, 0) is 17.9 Å². The van der Waals surface area contributed by atoms with E-state index in [4.69, 9.17) is 5.26 Å². The van der Waals surface area contributed by atoms with E-state index < -0.39 is 5.82 Å². The van der Waals surface area contributed by atoms with Gasteiger partial charge in [-0.1, -0.05) is 24.3 Å². The summed E-state index contributed by atoms with van der Waals surface area (Å²) < 4.78 is 14.5. The van der Waals surface area contributed by atoms with Gasteiger partial charge in [0, 0.05) is 25.2 Å². The van der Waals surface area contributed by atoms with Crippen LogP contribution in [0, 0.1) is 28.6 Å². The molecule has 1 saturated heterocycles. The molecule has 6 heteroatoms. The van der Waals surface area contributed by atoms with Crippen molar-refractivity contribution in [3.05, 3.63) is 58.9 Å². The van der Waals surface area contributed by atoms with Crippen LogP contribution in [0.1, 0.15) is 29.5 Å². The maximum Gasteiger partial charge on any atom is 0.246 e. The number of halogens is 1. The molecule has 2 aromatic carbocycles. The van der Waals surface area contributed by atoms with Crippen LogP contribution < -0.4 is 0 Å². The largest absolute Gasteiger partial charge is 0.332 e. The first-order valence-electron chi connectivity index (χ1n) is 8.88. The third kappa shape index (κ3) is 2.90. The average Bonchev–Trinajstić information content (AvgIpc) is 3.33. The Bertz CT molecular complexity index is 1000. The van der Waals surface area contributed by atoms with E-state index >= 15 is 0 Å². The second kappa shape index (κ2) is 6.74. The van der Waals surface area contributed by atoms with Crippen molar-refractivity contribution >= 4 is 5.91 Å². The van der Waals surface area contributed by atoms with Crippen LogP contribution in [0.2, 0.25) is 0 Å². The van der Waals surface area contributed by atoms with Crippen molar-refractivity contribution in [2.75, 3.05) is 6.54 Å². The summed E-state index contributed by atoms with van der Waals surface area (Å²) in [5.74, 6) is -0.550. The summed E-state index contributed by atoms with van der Waals surface area (Å²) in [6.45, 7) is 1.59. The van der Waals surface area contributed by atoms with E-state index in [9.17, 15) is 14.4 Å². The van der Waals surface area contributed by atoms with Gasteiger partial charge in [-0.25, -0.2) is 4.39 Å². The lowest BCUT2D eigenvalue weighted by molar-refractivity contribution is -0.135. The van der Waals surface area contributed by atoms with Crippen LogP contribution >= 0.6 is 0 Å². The SMILES string of the molecule is N#Cc1cccc(-c2ccc3c(c2)CN(C(=O)[C@@H]2CCCN2C#N)C3)c1F. The number of rotatable bonds is 2. The lowest BCUT2D eigenvalue weighted by atomic mass is 9.98. The Labute approximate surface area is 156 Å². The zero-order chi connectivity index (χ0) is 19.0. The lowest BCUT2D eigenvalue weighted by Gasteiger charge is -2.23. The fourth-order valence-electron chi connectivity index (χ4n) is 3.91. The van der Waals surface area contributed by atoms with Gasteiger partial charge in [0.05, 0.1) is 5.56 Å². The van der Waals surface area contributed by atoms with Crippen molar-refractivity contribution in [1.82, 2.24) is 9.80 Å². The first-order chi connectivity index (χ1) is 13.1. The molecule has 2 heterocycles. The minimum absolute atomic E-state index is 0.0163. The van der Waals surface area contributed by atoms with E-state index in [0.717, 1.165) is 17.5 Å². The molecule has 1 atom stereocenters.